The zero-order chi connectivity index (χ0) is 18.2. The molecule has 1 aromatic carbocycles. The third-order valence-electron chi connectivity index (χ3n) is 4.51. The van der Waals surface area contributed by atoms with Crippen LogP contribution in [0.25, 0.3) is 0 Å². The Morgan fingerprint density at radius 1 is 1.35 bits per heavy atom. The average molecular weight is 355 g/mol. The molecule has 2 heterocycles. The van der Waals surface area contributed by atoms with Crippen LogP contribution in [0.4, 0.5) is 5.69 Å². The van der Waals surface area contributed by atoms with Gasteiger partial charge in [-0.05, 0) is 50.0 Å². The van der Waals surface area contributed by atoms with Crippen molar-refractivity contribution in [3.63, 3.8) is 0 Å². The number of rotatable bonds is 8. The molecule has 1 unspecified atom stereocenters. The van der Waals surface area contributed by atoms with Gasteiger partial charge in [0.05, 0.1) is 7.11 Å². The summed E-state index contributed by atoms with van der Waals surface area (Å²) in [7, 11) is 1.60. The van der Waals surface area contributed by atoms with Crippen LogP contribution in [0.2, 0.25) is 0 Å². The van der Waals surface area contributed by atoms with Gasteiger partial charge < -0.3 is 20.1 Å². The van der Waals surface area contributed by atoms with Crippen molar-refractivity contribution >= 4 is 11.6 Å². The smallest absolute Gasteiger partial charge is 0.224 e. The maximum Gasteiger partial charge on any atom is 0.224 e. The summed E-state index contributed by atoms with van der Waals surface area (Å²) < 4.78 is 11.2. The van der Waals surface area contributed by atoms with Crippen molar-refractivity contribution in [1.29, 1.82) is 0 Å². The van der Waals surface area contributed by atoms with Crippen LogP contribution in [0.1, 0.15) is 24.8 Å². The van der Waals surface area contributed by atoms with Crippen molar-refractivity contribution in [2.75, 3.05) is 25.5 Å². The summed E-state index contributed by atoms with van der Waals surface area (Å²) in [5.41, 5.74) is 1.68. The minimum absolute atomic E-state index is 0.0280. The number of methoxy groups -OCH3 is 1. The molecule has 6 heteroatoms. The van der Waals surface area contributed by atoms with Gasteiger partial charge in [-0.15, -0.1) is 0 Å². The summed E-state index contributed by atoms with van der Waals surface area (Å²) in [5.74, 6) is 1.85. The fourth-order valence-electron chi connectivity index (χ4n) is 3.03. The molecule has 0 saturated carbocycles. The number of amides is 1. The summed E-state index contributed by atoms with van der Waals surface area (Å²) in [5, 5.41) is 6.28. The number of nitrogens with zero attached hydrogens (tertiary/aromatic N) is 1. The molecule has 0 bridgehead atoms. The van der Waals surface area contributed by atoms with Crippen molar-refractivity contribution in [1.82, 2.24) is 10.3 Å². The maximum absolute atomic E-state index is 12.2. The average Bonchev–Trinajstić information content (AvgIpc) is 3.19. The Kier molecular flexibility index (Phi) is 6.44. The van der Waals surface area contributed by atoms with Crippen LogP contribution in [0, 0.1) is 5.92 Å². The van der Waals surface area contributed by atoms with E-state index in [4.69, 9.17) is 9.47 Å². The first-order chi connectivity index (χ1) is 12.7. The lowest BCUT2D eigenvalue weighted by Crippen LogP contribution is -2.15. The van der Waals surface area contributed by atoms with Gasteiger partial charge in [-0.2, -0.15) is 0 Å². The van der Waals surface area contributed by atoms with E-state index in [9.17, 15) is 4.79 Å². The van der Waals surface area contributed by atoms with Gasteiger partial charge in [0.1, 0.15) is 6.61 Å². The summed E-state index contributed by atoms with van der Waals surface area (Å²) in [6.45, 7) is 2.46. The predicted octanol–water partition coefficient (Wildman–Crippen LogP) is 3.00. The van der Waals surface area contributed by atoms with Gasteiger partial charge in [0.25, 0.3) is 0 Å². The van der Waals surface area contributed by atoms with Gasteiger partial charge in [-0.3, -0.25) is 9.78 Å². The van der Waals surface area contributed by atoms with Crippen LogP contribution in [0.5, 0.6) is 11.5 Å². The summed E-state index contributed by atoms with van der Waals surface area (Å²) >= 11 is 0. The minimum atomic E-state index is 0.0280. The van der Waals surface area contributed by atoms with Crippen LogP contribution < -0.4 is 20.1 Å². The standard InChI is InChI=1S/C20H25N3O3/c1-25-18-6-5-17(23-20(24)7-4-15-8-10-22-12-15)11-19(18)26-14-16-3-2-9-21-13-16/h2-3,5-6,9,11,13,15,22H,4,7-8,10,12,14H2,1H3,(H,23,24). The Hall–Kier alpha value is -2.60. The molecule has 6 nitrogen and oxygen atoms in total. The molecule has 1 atom stereocenters. The lowest BCUT2D eigenvalue weighted by molar-refractivity contribution is -0.116. The van der Waals surface area contributed by atoms with Crippen LogP contribution >= 0.6 is 0 Å². The SMILES string of the molecule is COc1ccc(NC(=O)CCC2CCNC2)cc1OCc1cccnc1. The highest BCUT2D eigenvalue weighted by Gasteiger charge is 2.16. The second-order valence-electron chi connectivity index (χ2n) is 6.46. The monoisotopic (exact) mass is 355 g/mol. The molecule has 1 amide bonds. The van der Waals surface area contributed by atoms with Gasteiger partial charge >= 0.3 is 0 Å². The third-order valence-corrected chi connectivity index (χ3v) is 4.51. The van der Waals surface area contributed by atoms with Crippen molar-refractivity contribution in [3.8, 4) is 11.5 Å². The fraction of sp³-hybridized carbons (Fsp3) is 0.400. The lowest BCUT2D eigenvalue weighted by atomic mass is 10.0. The van der Waals surface area contributed by atoms with E-state index in [0.717, 1.165) is 31.5 Å². The Morgan fingerprint density at radius 3 is 3.00 bits per heavy atom. The Labute approximate surface area is 153 Å². The van der Waals surface area contributed by atoms with E-state index in [-0.39, 0.29) is 5.91 Å². The Bertz CT molecular complexity index is 715. The molecule has 0 aliphatic carbocycles. The molecule has 1 aliphatic rings. The number of hydrogen-bond acceptors (Lipinski definition) is 5. The second kappa shape index (κ2) is 9.20. The van der Waals surface area contributed by atoms with E-state index in [0.29, 0.717) is 36.1 Å². The zero-order valence-corrected chi connectivity index (χ0v) is 15.0. The molecule has 1 aliphatic heterocycles. The number of carbonyl (C=O) groups is 1. The number of carbonyl (C=O) groups excluding carboxylic acids is 1. The number of nitrogens with one attached hydrogen (secondary N) is 2. The topological polar surface area (TPSA) is 72.5 Å². The van der Waals surface area contributed by atoms with E-state index >= 15 is 0 Å². The number of benzene rings is 1. The van der Waals surface area contributed by atoms with Crippen molar-refractivity contribution < 1.29 is 14.3 Å². The van der Waals surface area contributed by atoms with Gasteiger partial charge in [-0.1, -0.05) is 6.07 Å². The van der Waals surface area contributed by atoms with Gasteiger partial charge in [0.2, 0.25) is 5.91 Å². The molecule has 0 radical (unpaired) electrons. The molecule has 1 saturated heterocycles. The zero-order valence-electron chi connectivity index (χ0n) is 15.0. The van der Waals surface area contributed by atoms with Crippen molar-refractivity contribution in [3.05, 3.63) is 48.3 Å². The maximum atomic E-state index is 12.2. The highest BCUT2D eigenvalue weighted by atomic mass is 16.5. The number of pyridine rings is 1. The van der Waals surface area contributed by atoms with Gasteiger partial charge in [-0.25, -0.2) is 0 Å². The molecule has 26 heavy (non-hydrogen) atoms. The predicted molar refractivity (Wildman–Crippen MR) is 100 cm³/mol. The summed E-state index contributed by atoms with van der Waals surface area (Å²) in [6.07, 6.45) is 6.09. The first kappa shape index (κ1) is 18.2. The highest BCUT2D eigenvalue weighted by Crippen LogP contribution is 2.31. The Morgan fingerprint density at radius 2 is 2.27 bits per heavy atom. The van der Waals surface area contributed by atoms with E-state index in [2.05, 4.69) is 15.6 Å². The number of anilines is 1. The quantitative estimate of drug-likeness (QED) is 0.762. The van der Waals surface area contributed by atoms with E-state index in [1.54, 1.807) is 31.6 Å². The van der Waals surface area contributed by atoms with E-state index < -0.39 is 0 Å². The molecular formula is C20H25N3O3. The number of ether oxygens (including phenoxy) is 2. The lowest BCUT2D eigenvalue weighted by Gasteiger charge is -2.13. The number of aromatic nitrogens is 1. The van der Waals surface area contributed by atoms with Gasteiger partial charge in [0, 0.05) is 36.1 Å². The summed E-state index contributed by atoms with van der Waals surface area (Å²) in [4.78, 5) is 16.3. The molecule has 2 aromatic rings. The first-order valence-corrected chi connectivity index (χ1v) is 8.95. The molecule has 2 N–H and O–H groups in total. The molecule has 3 rings (SSSR count). The second-order valence-corrected chi connectivity index (χ2v) is 6.46. The molecular weight excluding hydrogens is 330 g/mol. The van der Waals surface area contributed by atoms with Crippen molar-refractivity contribution in [2.45, 2.75) is 25.9 Å². The fourth-order valence-corrected chi connectivity index (χ4v) is 3.03. The number of hydrogen-bond donors (Lipinski definition) is 2. The first-order valence-electron chi connectivity index (χ1n) is 8.95. The highest BCUT2D eigenvalue weighted by molar-refractivity contribution is 5.91. The van der Waals surface area contributed by atoms with Crippen LogP contribution in [-0.4, -0.2) is 31.1 Å². The largest absolute Gasteiger partial charge is 0.493 e. The molecule has 1 fully saturated rings. The van der Waals surface area contributed by atoms with Crippen LogP contribution in [0.15, 0.2) is 42.7 Å². The van der Waals surface area contributed by atoms with Crippen molar-refractivity contribution in [2.24, 2.45) is 5.92 Å². The normalized spacial score (nSPS) is 16.3. The molecule has 1 aromatic heterocycles. The van der Waals surface area contributed by atoms with Gasteiger partial charge in [0.15, 0.2) is 11.5 Å². The minimum Gasteiger partial charge on any atom is -0.493 e. The molecule has 138 valence electrons. The van der Waals surface area contributed by atoms with E-state index in [1.807, 2.05) is 18.2 Å². The third kappa shape index (κ3) is 5.20. The van der Waals surface area contributed by atoms with Crippen LogP contribution in [0.3, 0.4) is 0 Å². The Balaban J connectivity index is 1.57. The molecule has 0 spiro atoms. The summed E-state index contributed by atoms with van der Waals surface area (Å²) in [6, 6.07) is 9.24. The van der Waals surface area contributed by atoms with Crippen LogP contribution in [-0.2, 0) is 11.4 Å². The van der Waals surface area contributed by atoms with E-state index in [1.165, 1.54) is 0 Å².